The number of carbonyl (C=O) groups is 2. The van der Waals surface area contributed by atoms with Crippen molar-refractivity contribution in [2.45, 2.75) is 207 Å². The molecule has 0 bridgehead atoms. The maximum absolute atomic E-state index is 10.0. The summed E-state index contributed by atoms with van der Waals surface area (Å²) in [5, 5.41) is 23.4. The standard InChI is InChI=1S/2C10H20O2.2C8H17.Zn/c2*1-10(2,3)8-6-4-5-7-9(11)12;2*1-3-5-7-8-6-4-2;/h2*4-8H2,1-3H3,(H,11,12);2*1,3-8H2,2H3;/q;;;;+2/p-2. The zero-order valence-corrected chi connectivity index (χ0v) is 32.3. The molecule has 5 heteroatoms. The fourth-order valence-electron chi connectivity index (χ4n) is 4.65. The van der Waals surface area contributed by atoms with Gasteiger partial charge in [0.25, 0.3) is 0 Å². The van der Waals surface area contributed by atoms with Gasteiger partial charge in [0, 0.05) is 11.9 Å². The summed E-state index contributed by atoms with van der Waals surface area (Å²) < 4.78 is 0. The molecule has 0 fully saturated rings. The Labute approximate surface area is 265 Å². The molecule has 41 heavy (non-hydrogen) atoms. The maximum atomic E-state index is 10.0. The van der Waals surface area contributed by atoms with Crippen molar-refractivity contribution in [3.63, 3.8) is 0 Å². The third kappa shape index (κ3) is 56.0. The number of unbranched alkanes of at least 4 members (excludes halogenated alkanes) is 14. The number of hydrogen-bond acceptors (Lipinski definition) is 4. The Balaban J connectivity index is -0.000000542. The van der Waals surface area contributed by atoms with Crippen LogP contribution >= 0.6 is 0 Å². The molecule has 0 aliphatic rings. The van der Waals surface area contributed by atoms with Crippen LogP contribution in [0.2, 0.25) is 10.0 Å². The van der Waals surface area contributed by atoms with E-state index in [2.05, 4.69) is 55.4 Å². The van der Waals surface area contributed by atoms with Gasteiger partial charge < -0.3 is 19.8 Å². The number of carboxylic acid groups (broad SMARTS) is 2. The molecule has 242 valence electrons. The SMILES string of the molecule is CC(C)(C)CCCCCC(=O)[O-].CC(C)(C)CCCCCC(=O)[O-].CCCCCCC[CH2][Zn+2][CH2]CCCCCCC. The van der Waals surface area contributed by atoms with Crippen LogP contribution in [0.25, 0.3) is 0 Å². The van der Waals surface area contributed by atoms with Crippen molar-refractivity contribution < 1.29 is 36.9 Å². The Morgan fingerprint density at radius 3 is 1.05 bits per heavy atom. The minimum atomic E-state index is -0.925. The number of hydrogen-bond donors (Lipinski definition) is 0. The van der Waals surface area contributed by atoms with Gasteiger partial charge in [-0.05, 0) is 49.4 Å². The van der Waals surface area contributed by atoms with Gasteiger partial charge in [-0.25, -0.2) is 0 Å². The van der Waals surface area contributed by atoms with Gasteiger partial charge in [0.05, 0.1) is 0 Å². The van der Waals surface area contributed by atoms with Crippen molar-refractivity contribution in [3.05, 3.63) is 0 Å². The molecule has 0 radical (unpaired) electrons. The second-order valence-corrected chi connectivity index (χ2v) is 19.0. The monoisotopic (exact) mass is 632 g/mol. The molecule has 0 aliphatic heterocycles. The van der Waals surface area contributed by atoms with Crippen LogP contribution in [0.4, 0.5) is 0 Å². The zero-order valence-electron chi connectivity index (χ0n) is 29.3. The molecule has 0 unspecified atom stereocenters. The third-order valence-corrected chi connectivity index (χ3v) is 11.5. The van der Waals surface area contributed by atoms with Gasteiger partial charge in [-0.2, -0.15) is 0 Å². The van der Waals surface area contributed by atoms with E-state index in [1.165, 1.54) is 77.0 Å². The average molecular weight is 634 g/mol. The van der Waals surface area contributed by atoms with Crippen LogP contribution in [-0.4, -0.2) is 11.9 Å². The molecule has 0 amide bonds. The Morgan fingerprint density at radius 1 is 0.463 bits per heavy atom. The summed E-state index contributed by atoms with van der Waals surface area (Å²) in [6.07, 6.45) is 26.4. The number of aliphatic carboxylic acids is 2. The molecule has 0 aromatic carbocycles. The van der Waals surface area contributed by atoms with E-state index in [4.69, 9.17) is 0 Å². The average Bonchev–Trinajstić information content (AvgIpc) is 2.85. The van der Waals surface area contributed by atoms with Crippen LogP contribution in [0.1, 0.15) is 197 Å². The van der Waals surface area contributed by atoms with Gasteiger partial charge in [0.2, 0.25) is 0 Å². The van der Waals surface area contributed by atoms with Gasteiger partial charge in [-0.3, -0.25) is 0 Å². The molecule has 4 nitrogen and oxygen atoms in total. The fourth-order valence-corrected chi connectivity index (χ4v) is 8.36. The van der Waals surface area contributed by atoms with Gasteiger partial charge in [0.15, 0.2) is 0 Å². The van der Waals surface area contributed by atoms with Crippen LogP contribution in [0.15, 0.2) is 0 Å². The quantitative estimate of drug-likeness (QED) is 0.0782. The van der Waals surface area contributed by atoms with Crippen LogP contribution < -0.4 is 10.2 Å². The van der Waals surface area contributed by atoms with Crippen molar-refractivity contribution >= 4 is 11.9 Å². The molecule has 0 rings (SSSR count). The second-order valence-electron chi connectivity index (χ2n) is 14.6. The Morgan fingerprint density at radius 2 is 0.756 bits per heavy atom. The van der Waals surface area contributed by atoms with Crippen molar-refractivity contribution in [1.82, 2.24) is 0 Å². The summed E-state index contributed by atoms with van der Waals surface area (Å²) in [5.41, 5.74) is 0.753. The summed E-state index contributed by atoms with van der Waals surface area (Å²) in [7, 11) is 0. The first-order chi connectivity index (χ1) is 19.2. The molecule has 0 aliphatic carbocycles. The zero-order chi connectivity index (χ0) is 31.8. The molecule has 0 N–H and O–H groups in total. The summed E-state index contributed by atoms with van der Waals surface area (Å²) >= 11 is -0.0720. The van der Waals surface area contributed by atoms with E-state index in [1.807, 2.05) is 0 Å². The summed E-state index contributed by atoms with van der Waals surface area (Å²) in [5.74, 6) is -1.85. The predicted molar refractivity (Wildman–Crippen MR) is 171 cm³/mol. The summed E-state index contributed by atoms with van der Waals surface area (Å²) in [4.78, 5) is 20.1. The molecule has 0 heterocycles. The molecule has 0 aromatic rings. The van der Waals surface area contributed by atoms with Crippen molar-refractivity contribution in [2.75, 3.05) is 0 Å². The normalized spacial score (nSPS) is 11.4. The predicted octanol–water partition coefficient (Wildman–Crippen LogP) is 10.1. The molecule has 0 spiro atoms. The van der Waals surface area contributed by atoms with E-state index in [0.717, 1.165) is 38.5 Å². The van der Waals surface area contributed by atoms with Crippen LogP contribution in [0, 0.1) is 10.8 Å². The first-order valence-corrected chi connectivity index (χ1v) is 21.8. The fraction of sp³-hybridized carbons (Fsp3) is 0.944. The van der Waals surface area contributed by atoms with Gasteiger partial charge in [-0.1, -0.05) is 67.2 Å². The number of carboxylic acids is 2. The van der Waals surface area contributed by atoms with Crippen LogP contribution in [-0.2, 0) is 26.7 Å². The Hall–Kier alpha value is -0.437. The minimum absolute atomic E-state index is 0.0720. The van der Waals surface area contributed by atoms with Crippen LogP contribution in [0.5, 0.6) is 0 Å². The topological polar surface area (TPSA) is 80.3 Å². The number of rotatable bonds is 24. The first kappa shape index (κ1) is 45.0. The Bertz CT molecular complexity index is 501. The van der Waals surface area contributed by atoms with E-state index in [-0.39, 0.29) is 30.0 Å². The van der Waals surface area contributed by atoms with Crippen LogP contribution in [0.3, 0.4) is 0 Å². The number of carbonyl (C=O) groups excluding carboxylic acids is 2. The van der Waals surface area contributed by atoms with Gasteiger partial charge in [-0.15, -0.1) is 0 Å². The van der Waals surface area contributed by atoms with E-state index >= 15 is 0 Å². The first-order valence-electron chi connectivity index (χ1n) is 17.6. The molecule has 0 aromatic heterocycles. The van der Waals surface area contributed by atoms with E-state index in [0.29, 0.717) is 10.8 Å². The van der Waals surface area contributed by atoms with Gasteiger partial charge in [0.1, 0.15) is 0 Å². The third-order valence-electron chi connectivity index (χ3n) is 7.32. The molecule has 0 saturated carbocycles. The molecule has 0 atom stereocenters. The molecule has 0 saturated heterocycles. The van der Waals surface area contributed by atoms with Gasteiger partial charge >= 0.3 is 118 Å². The van der Waals surface area contributed by atoms with E-state index in [9.17, 15) is 19.8 Å². The van der Waals surface area contributed by atoms with Crippen molar-refractivity contribution in [3.8, 4) is 0 Å². The summed E-state index contributed by atoms with van der Waals surface area (Å²) in [6.45, 7) is 17.8. The molecular weight excluding hydrogens is 562 g/mol. The molecular formula is C36H72O4Zn. The summed E-state index contributed by atoms with van der Waals surface area (Å²) in [6, 6.07) is 0. The van der Waals surface area contributed by atoms with Crippen molar-refractivity contribution in [2.24, 2.45) is 10.8 Å². The Kier molecular flexibility index (Phi) is 35.6. The second kappa shape index (κ2) is 32.5. The van der Waals surface area contributed by atoms with Crippen molar-refractivity contribution in [1.29, 1.82) is 0 Å². The van der Waals surface area contributed by atoms with E-state index < -0.39 is 11.9 Å². The van der Waals surface area contributed by atoms with E-state index in [1.54, 1.807) is 22.9 Å².